The van der Waals surface area contributed by atoms with Gasteiger partial charge in [-0.25, -0.2) is 0 Å². The SMILES string of the molecule is Cc1ccc(C(=O)N2CC(=O)N(c3ccc(C)cc3)CC2C)cc1. The Bertz CT molecular complexity index is 750. The number of hydrogen-bond acceptors (Lipinski definition) is 2. The highest BCUT2D eigenvalue weighted by molar-refractivity contribution is 6.02. The molecule has 4 heteroatoms. The molecule has 0 bridgehead atoms. The van der Waals surface area contributed by atoms with Gasteiger partial charge in [0.25, 0.3) is 5.91 Å². The van der Waals surface area contributed by atoms with Gasteiger partial charge in [0.15, 0.2) is 0 Å². The lowest BCUT2D eigenvalue weighted by Crippen LogP contribution is -2.57. The Morgan fingerprint density at radius 3 is 2.08 bits per heavy atom. The number of hydrogen-bond donors (Lipinski definition) is 0. The number of aryl methyl sites for hydroxylation is 2. The smallest absolute Gasteiger partial charge is 0.254 e. The van der Waals surface area contributed by atoms with Crippen molar-refractivity contribution in [3.8, 4) is 0 Å². The Labute approximate surface area is 142 Å². The zero-order valence-corrected chi connectivity index (χ0v) is 14.3. The molecule has 24 heavy (non-hydrogen) atoms. The van der Waals surface area contributed by atoms with Crippen LogP contribution in [-0.2, 0) is 4.79 Å². The maximum Gasteiger partial charge on any atom is 0.254 e. The van der Waals surface area contributed by atoms with Gasteiger partial charge < -0.3 is 9.80 Å². The van der Waals surface area contributed by atoms with Crippen molar-refractivity contribution in [2.24, 2.45) is 0 Å². The van der Waals surface area contributed by atoms with Crippen LogP contribution in [0.15, 0.2) is 48.5 Å². The number of amides is 2. The number of rotatable bonds is 2. The number of carbonyl (C=O) groups is 2. The van der Waals surface area contributed by atoms with E-state index in [1.807, 2.05) is 69.3 Å². The summed E-state index contributed by atoms with van der Waals surface area (Å²) in [6.07, 6.45) is 0. The van der Waals surface area contributed by atoms with Gasteiger partial charge in [-0.1, -0.05) is 35.4 Å². The fourth-order valence-corrected chi connectivity index (χ4v) is 2.96. The van der Waals surface area contributed by atoms with Gasteiger partial charge in [-0.15, -0.1) is 0 Å². The summed E-state index contributed by atoms with van der Waals surface area (Å²) in [5.41, 5.74) is 3.79. The second-order valence-corrected chi connectivity index (χ2v) is 6.49. The molecule has 0 saturated carbocycles. The Morgan fingerprint density at radius 1 is 0.958 bits per heavy atom. The second-order valence-electron chi connectivity index (χ2n) is 6.49. The third-order valence-corrected chi connectivity index (χ3v) is 4.49. The van der Waals surface area contributed by atoms with Crippen molar-refractivity contribution in [3.63, 3.8) is 0 Å². The molecule has 0 radical (unpaired) electrons. The van der Waals surface area contributed by atoms with Gasteiger partial charge in [0.2, 0.25) is 5.91 Å². The zero-order chi connectivity index (χ0) is 17.3. The van der Waals surface area contributed by atoms with Crippen molar-refractivity contribution in [2.75, 3.05) is 18.0 Å². The molecule has 124 valence electrons. The van der Waals surface area contributed by atoms with Crippen molar-refractivity contribution >= 4 is 17.5 Å². The maximum atomic E-state index is 12.7. The molecule has 0 aliphatic carbocycles. The lowest BCUT2D eigenvalue weighted by Gasteiger charge is -2.39. The molecule has 1 aliphatic rings. The topological polar surface area (TPSA) is 40.6 Å². The van der Waals surface area contributed by atoms with Crippen LogP contribution in [0.3, 0.4) is 0 Å². The predicted octanol–water partition coefficient (Wildman–Crippen LogP) is 3.18. The van der Waals surface area contributed by atoms with Gasteiger partial charge in [0, 0.05) is 23.8 Å². The molecule has 2 aromatic rings. The summed E-state index contributed by atoms with van der Waals surface area (Å²) in [5.74, 6) is -0.128. The average molecular weight is 322 g/mol. The van der Waals surface area contributed by atoms with Crippen LogP contribution in [0.4, 0.5) is 5.69 Å². The van der Waals surface area contributed by atoms with Crippen LogP contribution in [0, 0.1) is 13.8 Å². The number of piperazine rings is 1. The van der Waals surface area contributed by atoms with Crippen LogP contribution in [0.5, 0.6) is 0 Å². The van der Waals surface area contributed by atoms with Crippen LogP contribution in [-0.4, -0.2) is 35.8 Å². The van der Waals surface area contributed by atoms with E-state index in [1.165, 1.54) is 0 Å². The van der Waals surface area contributed by atoms with E-state index in [0.29, 0.717) is 12.1 Å². The highest BCUT2D eigenvalue weighted by Crippen LogP contribution is 2.22. The minimum atomic E-state index is -0.0839. The van der Waals surface area contributed by atoms with Crippen molar-refractivity contribution in [2.45, 2.75) is 26.8 Å². The molecule has 3 rings (SSSR count). The highest BCUT2D eigenvalue weighted by atomic mass is 16.2. The minimum absolute atomic E-state index is 0.0298. The van der Waals surface area contributed by atoms with Crippen molar-refractivity contribution in [1.29, 1.82) is 0 Å². The molecule has 1 atom stereocenters. The fourth-order valence-electron chi connectivity index (χ4n) is 2.96. The lowest BCUT2D eigenvalue weighted by molar-refractivity contribution is -0.121. The Hall–Kier alpha value is -2.62. The van der Waals surface area contributed by atoms with Crippen LogP contribution in [0.1, 0.15) is 28.4 Å². The van der Waals surface area contributed by atoms with E-state index in [0.717, 1.165) is 16.8 Å². The van der Waals surface area contributed by atoms with E-state index in [9.17, 15) is 9.59 Å². The molecule has 1 saturated heterocycles. The number of nitrogens with zero attached hydrogens (tertiary/aromatic N) is 2. The first-order valence-corrected chi connectivity index (χ1v) is 8.20. The summed E-state index contributed by atoms with van der Waals surface area (Å²) in [5, 5.41) is 0. The molecular weight excluding hydrogens is 300 g/mol. The van der Waals surface area contributed by atoms with Gasteiger partial charge >= 0.3 is 0 Å². The van der Waals surface area contributed by atoms with Crippen molar-refractivity contribution < 1.29 is 9.59 Å². The molecule has 0 spiro atoms. The van der Waals surface area contributed by atoms with Gasteiger partial charge in [-0.3, -0.25) is 9.59 Å². The van der Waals surface area contributed by atoms with Gasteiger partial charge in [0.05, 0.1) is 0 Å². The first-order valence-electron chi connectivity index (χ1n) is 8.20. The number of carbonyl (C=O) groups excluding carboxylic acids is 2. The summed E-state index contributed by atoms with van der Waals surface area (Å²) >= 11 is 0. The molecule has 4 nitrogen and oxygen atoms in total. The van der Waals surface area contributed by atoms with Gasteiger partial charge in [-0.05, 0) is 45.0 Å². The maximum absolute atomic E-state index is 12.7. The molecule has 1 fully saturated rings. The summed E-state index contributed by atoms with van der Waals surface area (Å²) < 4.78 is 0. The van der Waals surface area contributed by atoms with E-state index >= 15 is 0 Å². The summed E-state index contributed by atoms with van der Waals surface area (Å²) in [7, 11) is 0. The largest absolute Gasteiger partial charge is 0.325 e. The Morgan fingerprint density at radius 2 is 1.50 bits per heavy atom. The molecule has 0 aromatic heterocycles. The van der Waals surface area contributed by atoms with Crippen LogP contribution < -0.4 is 4.90 Å². The minimum Gasteiger partial charge on any atom is -0.325 e. The fraction of sp³-hybridized carbons (Fsp3) is 0.300. The Balaban J connectivity index is 1.77. The standard InChI is InChI=1S/C20H22N2O2/c1-14-4-8-17(9-5-14)20(24)21-13-19(23)22(12-16(21)3)18-10-6-15(2)7-11-18/h4-11,16H,12-13H2,1-3H3. The first-order chi connectivity index (χ1) is 11.5. The first kappa shape index (κ1) is 16.2. The van der Waals surface area contributed by atoms with E-state index in [-0.39, 0.29) is 24.4 Å². The molecule has 1 unspecified atom stereocenters. The predicted molar refractivity (Wildman–Crippen MR) is 95.2 cm³/mol. The van der Waals surface area contributed by atoms with Gasteiger partial charge in [-0.2, -0.15) is 0 Å². The summed E-state index contributed by atoms with van der Waals surface area (Å²) in [6, 6.07) is 15.4. The molecule has 2 aromatic carbocycles. The molecular formula is C20H22N2O2. The normalized spacial score (nSPS) is 18.0. The lowest BCUT2D eigenvalue weighted by atomic mass is 10.1. The monoisotopic (exact) mass is 322 g/mol. The number of benzene rings is 2. The molecule has 2 amide bonds. The molecule has 1 aliphatic heterocycles. The van der Waals surface area contributed by atoms with E-state index in [1.54, 1.807) is 9.80 Å². The van der Waals surface area contributed by atoms with E-state index in [4.69, 9.17) is 0 Å². The summed E-state index contributed by atoms with van der Waals surface area (Å²) in [4.78, 5) is 28.7. The van der Waals surface area contributed by atoms with Crippen molar-refractivity contribution in [3.05, 3.63) is 65.2 Å². The van der Waals surface area contributed by atoms with Crippen LogP contribution in [0.25, 0.3) is 0 Å². The zero-order valence-electron chi connectivity index (χ0n) is 14.3. The average Bonchev–Trinajstić information content (AvgIpc) is 2.57. The van der Waals surface area contributed by atoms with Gasteiger partial charge in [0.1, 0.15) is 6.54 Å². The second kappa shape index (κ2) is 6.48. The third-order valence-electron chi connectivity index (χ3n) is 4.49. The van der Waals surface area contributed by atoms with E-state index < -0.39 is 0 Å². The third kappa shape index (κ3) is 3.18. The quantitative estimate of drug-likeness (QED) is 0.852. The van der Waals surface area contributed by atoms with Crippen LogP contribution >= 0.6 is 0 Å². The summed E-state index contributed by atoms with van der Waals surface area (Å²) in [6.45, 7) is 6.62. The van der Waals surface area contributed by atoms with Crippen molar-refractivity contribution in [1.82, 2.24) is 4.90 Å². The van der Waals surface area contributed by atoms with E-state index in [2.05, 4.69) is 0 Å². The molecule has 0 N–H and O–H groups in total. The number of anilines is 1. The Kier molecular flexibility index (Phi) is 4.38. The van der Waals surface area contributed by atoms with Crippen LogP contribution in [0.2, 0.25) is 0 Å². The highest BCUT2D eigenvalue weighted by Gasteiger charge is 2.33. The molecule has 1 heterocycles.